The zero-order valence-electron chi connectivity index (χ0n) is 19.6. The van der Waals surface area contributed by atoms with E-state index in [1.807, 2.05) is 30.3 Å². The Kier molecular flexibility index (Phi) is 6.26. The van der Waals surface area contributed by atoms with Crippen molar-refractivity contribution in [3.05, 3.63) is 78.1 Å². The molecule has 1 saturated heterocycles. The maximum atomic E-state index is 5.76. The molecule has 0 amide bonds. The van der Waals surface area contributed by atoms with Crippen LogP contribution in [0, 0.1) is 0 Å². The number of fused-ring (bicyclic) bond motifs is 1. The van der Waals surface area contributed by atoms with Gasteiger partial charge in [-0.3, -0.25) is 10.00 Å². The van der Waals surface area contributed by atoms with Crippen molar-refractivity contribution in [2.24, 2.45) is 0 Å². The van der Waals surface area contributed by atoms with E-state index >= 15 is 0 Å². The number of hydrogen-bond donors (Lipinski definition) is 3. The number of nitrogens with zero attached hydrogens (tertiary/aromatic N) is 5. The van der Waals surface area contributed by atoms with Crippen LogP contribution < -0.4 is 10.1 Å². The molecule has 0 bridgehead atoms. The summed E-state index contributed by atoms with van der Waals surface area (Å²) in [5.41, 5.74) is 5.66. The molecule has 0 saturated carbocycles. The summed E-state index contributed by atoms with van der Waals surface area (Å²) in [7, 11) is 0. The summed E-state index contributed by atoms with van der Waals surface area (Å²) in [6, 6.07) is 18.3. The minimum atomic E-state index is 0.297. The maximum Gasteiger partial charge on any atom is 0.318 e. The molecule has 3 N–H and O–H groups in total. The summed E-state index contributed by atoms with van der Waals surface area (Å²) in [6.07, 6.45) is 3.37. The fourth-order valence-corrected chi connectivity index (χ4v) is 4.19. The third kappa shape index (κ3) is 5.04. The number of nitrogens with one attached hydrogen (secondary N) is 3. The minimum Gasteiger partial charge on any atom is -0.459 e. The number of rotatable bonds is 8. The molecular formula is C26H26N8O2. The molecule has 10 heteroatoms. The Morgan fingerprint density at radius 2 is 1.89 bits per heavy atom. The lowest BCUT2D eigenvalue weighted by Crippen LogP contribution is -2.35. The van der Waals surface area contributed by atoms with Crippen LogP contribution in [0.25, 0.3) is 22.6 Å². The Hall–Kier alpha value is -4.28. The number of H-pyrrole nitrogens is 2. The fourth-order valence-electron chi connectivity index (χ4n) is 4.19. The van der Waals surface area contributed by atoms with Gasteiger partial charge in [0.25, 0.3) is 0 Å². The molecule has 182 valence electrons. The molecule has 2 aromatic carbocycles. The molecule has 36 heavy (non-hydrogen) atoms. The first-order chi connectivity index (χ1) is 17.8. The summed E-state index contributed by atoms with van der Waals surface area (Å²) in [4.78, 5) is 19.3. The van der Waals surface area contributed by atoms with Gasteiger partial charge in [-0.15, -0.1) is 0 Å². The van der Waals surface area contributed by atoms with Gasteiger partial charge in [0, 0.05) is 25.8 Å². The molecule has 10 nitrogen and oxygen atoms in total. The normalized spacial score (nSPS) is 14.2. The van der Waals surface area contributed by atoms with Crippen molar-refractivity contribution >= 4 is 22.5 Å². The van der Waals surface area contributed by atoms with Gasteiger partial charge in [0.1, 0.15) is 18.1 Å². The second-order valence-corrected chi connectivity index (χ2v) is 8.61. The summed E-state index contributed by atoms with van der Waals surface area (Å²) < 4.78 is 11.2. The minimum absolute atomic E-state index is 0.297. The number of aromatic nitrogens is 6. The molecule has 0 aliphatic carbocycles. The molecule has 0 spiro atoms. The first-order valence-electron chi connectivity index (χ1n) is 11.9. The quantitative estimate of drug-likeness (QED) is 0.305. The second-order valence-electron chi connectivity index (χ2n) is 8.61. The Bertz CT molecular complexity index is 1440. The topological polar surface area (TPSA) is 117 Å². The number of benzene rings is 2. The second kappa shape index (κ2) is 10.1. The van der Waals surface area contributed by atoms with Gasteiger partial charge in [-0.1, -0.05) is 36.4 Å². The van der Waals surface area contributed by atoms with Crippen LogP contribution in [0.5, 0.6) is 6.01 Å². The lowest BCUT2D eigenvalue weighted by Gasteiger charge is -2.26. The van der Waals surface area contributed by atoms with Crippen LogP contribution in [-0.2, 0) is 17.9 Å². The van der Waals surface area contributed by atoms with Gasteiger partial charge in [0.2, 0.25) is 0 Å². The molecule has 1 aliphatic rings. The average Bonchev–Trinajstić information content (AvgIpc) is 3.55. The summed E-state index contributed by atoms with van der Waals surface area (Å²) in [5, 5.41) is 10.6. The maximum absolute atomic E-state index is 5.76. The Balaban J connectivity index is 1.17. The highest BCUT2D eigenvalue weighted by Gasteiger charge is 2.15. The van der Waals surface area contributed by atoms with Crippen LogP contribution in [0.3, 0.4) is 0 Å². The lowest BCUT2D eigenvalue weighted by molar-refractivity contribution is 0.0342. The van der Waals surface area contributed by atoms with Crippen molar-refractivity contribution in [3.8, 4) is 17.5 Å². The molecule has 6 rings (SSSR count). The molecule has 1 fully saturated rings. The highest BCUT2D eigenvalue weighted by Crippen LogP contribution is 2.28. The Morgan fingerprint density at radius 3 is 2.78 bits per heavy atom. The van der Waals surface area contributed by atoms with Gasteiger partial charge in [0.05, 0.1) is 36.1 Å². The van der Waals surface area contributed by atoms with Crippen molar-refractivity contribution in [1.29, 1.82) is 0 Å². The van der Waals surface area contributed by atoms with Crippen LogP contribution in [0.1, 0.15) is 11.1 Å². The third-order valence-corrected chi connectivity index (χ3v) is 6.04. The van der Waals surface area contributed by atoms with Crippen molar-refractivity contribution in [1.82, 2.24) is 35.0 Å². The highest BCUT2D eigenvalue weighted by atomic mass is 16.5. The highest BCUT2D eigenvalue weighted by molar-refractivity contribution is 5.82. The van der Waals surface area contributed by atoms with Crippen molar-refractivity contribution in [2.45, 2.75) is 13.2 Å². The van der Waals surface area contributed by atoms with Crippen LogP contribution in [0.4, 0.5) is 11.5 Å². The van der Waals surface area contributed by atoms with Crippen molar-refractivity contribution < 1.29 is 9.47 Å². The van der Waals surface area contributed by atoms with Crippen molar-refractivity contribution in [2.75, 3.05) is 31.6 Å². The summed E-state index contributed by atoms with van der Waals surface area (Å²) in [6.45, 7) is 4.79. The molecule has 1 aliphatic heterocycles. The number of aromatic amines is 2. The van der Waals surface area contributed by atoms with Crippen LogP contribution in [0.15, 0.2) is 67.0 Å². The number of imidazole rings is 1. The number of anilines is 2. The van der Waals surface area contributed by atoms with E-state index in [9.17, 15) is 0 Å². The van der Waals surface area contributed by atoms with Crippen molar-refractivity contribution in [3.63, 3.8) is 0 Å². The predicted octanol–water partition coefficient (Wildman–Crippen LogP) is 3.90. The van der Waals surface area contributed by atoms with Crippen LogP contribution >= 0.6 is 0 Å². The SMILES string of the molecule is c1ccc(COc2nccc(Nc3cn[nH]c3-c3nc4ccc(CN5CCOCC5)cc4[nH]3)n2)cc1. The first-order valence-corrected chi connectivity index (χ1v) is 11.9. The largest absolute Gasteiger partial charge is 0.459 e. The zero-order chi connectivity index (χ0) is 24.2. The van der Waals surface area contributed by atoms with E-state index in [1.54, 1.807) is 18.5 Å². The predicted molar refractivity (Wildman–Crippen MR) is 136 cm³/mol. The first kappa shape index (κ1) is 22.2. The molecule has 3 aromatic heterocycles. The molecular weight excluding hydrogens is 456 g/mol. The number of hydrogen-bond acceptors (Lipinski definition) is 8. The third-order valence-electron chi connectivity index (χ3n) is 6.04. The van der Waals surface area contributed by atoms with Crippen LogP contribution in [-0.4, -0.2) is 61.3 Å². The van der Waals surface area contributed by atoms with Gasteiger partial charge in [-0.05, 0) is 29.3 Å². The van der Waals surface area contributed by atoms with E-state index in [-0.39, 0.29) is 0 Å². The molecule has 0 radical (unpaired) electrons. The molecule has 0 atom stereocenters. The molecule has 4 heterocycles. The number of ether oxygens (including phenoxy) is 2. The van der Waals surface area contributed by atoms with E-state index in [1.165, 1.54) is 5.56 Å². The van der Waals surface area contributed by atoms with Gasteiger partial charge in [-0.2, -0.15) is 10.1 Å². The van der Waals surface area contributed by atoms with E-state index < -0.39 is 0 Å². The monoisotopic (exact) mass is 482 g/mol. The fraction of sp³-hybridized carbons (Fsp3) is 0.231. The average molecular weight is 483 g/mol. The smallest absolute Gasteiger partial charge is 0.318 e. The summed E-state index contributed by atoms with van der Waals surface area (Å²) in [5.74, 6) is 1.29. The molecule has 5 aromatic rings. The van der Waals surface area contributed by atoms with Gasteiger partial charge in [-0.25, -0.2) is 9.97 Å². The van der Waals surface area contributed by atoms with E-state index in [0.29, 0.717) is 24.3 Å². The van der Waals surface area contributed by atoms with Gasteiger partial charge < -0.3 is 19.8 Å². The molecule has 0 unspecified atom stereocenters. The summed E-state index contributed by atoms with van der Waals surface area (Å²) >= 11 is 0. The lowest BCUT2D eigenvalue weighted by atomic mass is 10.2. The van der Waals surface area contributed by atoms with E-state index in [0.717, 1.165) is 60.8 Å². The van der Waals surface area contributed by atoms with Gasteiger partial charge in [0.15, 0.2) is 5.82 Å². The van der Waals surface area contributed by atoms with Gasteiger partial charge >= 0.3 is 6.01 Å². The Labute approximate surface area is 207 Å². The van der Waals surface area contributed by atoms with Crippen LogP contribution in [0.2, 0.25) is 0 Å². The number of morpholine rings is 1. The standard InChI is InChI=1S/C26H26N8O2/c1-2-4-18(5-3-1)17-36-26-27-9-8-23(32-26)29-22-15-28-33-24(22)25-30-20-7-6-19(14-21(20)31-25)16-34-10-12-35-13-11-34/h1-9,14-15H,10-13,16-17H2,(H,28,33)(H,30,31)(H,27,29,32). The Morgan fingerprint density at radius 1 is 1.00 bits per heavy atom. The van der Waals surface area contributed by atoms with E-state index in [2.05, 4.69) is 53.6 Å². The zero-order valence-corrected chi connectivity index (χ0v) is 19.6. The van der Waals surface area contributed by atoms with E-state index in [4.69, 9.17) is 14.5 Å².